The molecule has 5 heteroatoms. The van der Waals surface area contributed by atoms with E-state index >= 15 is 0 Å². The highest BCUT2D eigenvalue weighted by Gasteiger charge is 2.31. The molecule has 2 amide bonds. The van der Waals surface area contributed by atoms with E-state index in [1.54, 1.807) is 6.92 Å². The smallest absolute Gasteiger partial charge is 0.315 e. The molecule has 5 nitrogen and oxygen atoms in total. The third kappa shape index (κ3) is 4.69. The van der Waals surface area contributed by atoms with Gasteiger partial charge in [-0.05, 0) is 32.1 Å². The normalized spacial score (nSPS) is 26.1. The lowest BCUT2D eigenvalue weighted by Gasteiger charge is -2.26. The number of carboxylic acid groups (broad SMARTS) is 1. The average Bonchev–Trinajstić information content (AvgIpc) is 2.61. The number of hydrogen-bond donors (Lipinski definition) is 3. The van der Waals surface area contributed by atoms with Crippen molar-refractivity contribution in [2.75, 3.05) is 6.54 Å². The summed E-state index contributed by atoms with van der Waals surface area (Å²) in [5.74, 6) is -0.386. The van der Waals surface area contributed by atoms with Crippen LogP contribution in [0.5, 0.6) is 0 Å². The van der Waals surface area contributed by atoms with Crippen LogP contribution in [-0.2, 0) is 4.79 Å². The van der Waals surface area contributed by atoms with Gasteiger partial charge >= 0.3 is 12.0 Å². The highest BCUT2D eigenvalue weighted by atomic mass is 16.4. The van der Waals surface area contributed by atoms with Gasteiger partial charge in [0, 0.05) is 12.6 Å². The molecule has 0 aliphatic heterocycles. The van der Waals surface area contributed by atoms with E-state index in [9.17, 15) is 14.7 Å². The predicted molar refractivity (Wildman–Crippen MR) is 78.6 cm³/mol. The van der Waals surface area contributed by atoms with Gasteiger partial charge in [0.2, 0.25) is 0 Å². The number of carboxylic acids is 1. The van der Waals surface area contributed by atoms with E-state index in [0.717, 1.165) is 19.3 Å². The highest BCUT2D eigenvalue weighted by Crippen LogP contribution is 2.23. The molecule has 3 atom stereocenters. The van der Waals surface area contributed by atoms with E-state index in [1.165, 1.54) is 12.8 Å². The monoisotopic (exact) mass is 284 g/mol. The van der Waals surface area contributed by atoms with Gasteiger partial charge in [-0.15, -0.1) is 0 Å². The van der Waals surface area contributed by atoms with Gasteiger partial charge in [0.1, 0.15) is 0 Å². The largest absolute Gasteiger partial charge is 0.481 e. The van der Waals surface area contributed by atoms with Crippen LogP contribution in [0.25, 0.3) is 0 Å². The van der Waals surface area contributed by atoms with Crippen LogP contribution in [0.1, 0.15) is 59.3 Å². The molecule has 1 aliphatic carbocycles. The van der Waals surface area contributed by atoms with E-state index in [2.05, 4.69) is 17.6 Å². The minimum absolute atomic E-state index is 0.158. The molecular formula is C15H28N2O3. The second-order valence-electron chi connectivity index (χ2n) is 6.27. The Balaban J connectivity index is 2.44. The van der Waals surface area contributed by atoms with Crippen LogP contribution in [0.3, 0.4) is 0 Å². The molecule has 0 aromatic heterocycles. The fourth-order valence-electron chi connectivity index (χ4n) is 2.55. The van der Waals surface area contributed by atoms with Crippen molar-refractivity contribution in [3.63, 3.8) is 0 Å². The molecular weight excluding hydrogens is 256 g/mol. The molecule has 20 heavy (non-hydrogen) atoms. The Morgan fingerprint density at radius 1 is 1.25 bits per heavy atom. The summed E-state index contributed by atoms with van der Waals surface area (Å²) in [6.07, 6.45) is 6.26. The second kappa shape index (κ2) is 7.50. The summed E-state index contributed by atoms with van der Waals surface area (Å²) < 4.78 is 0. The first-order valence-electron chi connectivity index (χ1n) is 7.67. The van der Waals surface area contributed by atoms with Crippen LogP contribution in [0.4, 0.5) is 4.79 Å². The lowest BCUT2D eigenvalue weighted by molar-refractivity contribution is -0.147. The van der Waals surface area contributed by atoms with E-state index < -0.39 is 11.4 Å². The van der Waals surface area contributed by atoms with Crippen molar-refractivity contribution in [3.8, 4) is 0 Å². The zero-order chi connectivity index (χ0) is 15.2. The van der Waals surface area contributed by atoms with Gasteiger partial charge in [-0.3, -0.25) is 4.79 Å². The minimum atomic E-state index is -0.896. The van der Waals surface area contributed by atoms with Gasteiger partial charge in [0.25, 0.3) is 0 Å². The summed E-state index contributed by atoms with van der Waals surface area (Å²) in [6.45, 7) is 5.81. The lowest BCUT2D eigenvalue weighted by atomic mass is 9.88. The number of hydrogen-bond acceptors (Lipinski definition) is 2. The molecule has 0 heterocycles. The zero-order valence-electron chi connectivity index (χ0n) is 12.9. The molecule has 0 aromatic rings. The SMILES string of the molecule is CCC(C)(CNC(=O)NC1CCCCCC1C)C(=O)O. The van der Waals surface area contributed by atoms with E-state index in [-0.39, 0.29) is 18.6 Å². The van der Waals surface area contributed by atoms with E-state index in [0.29, 0.717) is 12.3 Å². The maximum Gasteiger partial charge on any atom is 0.315 e. The highest BCUT2D eigenvalue weighted by molar-refractivity contribution is 5.77. The molecule has 3 unspecified atom stereocenters. The fourth-order valence-corrected chi connectivity index (χ4v) is 2.55. The first-order valence-corrected chi connectivity index (χ1v) is 7.67. The molecule has 0 aromatic carbocycles. The number of rotatable bonds is 5. The van der Waals surface area contributed by atoms with Crippen LogP contribution < -0.4 is 10.6 Å². The Hall–Kier alpha value is -1.26. The Labute approximate surface area is 121 Å². The molecule has 1 fully saturated rings. The molecule has 0 saturated heterocycles. The van der Waals surface area contributed by atoms with Gasteiger partial charge in [-0.25, -0.2) is 4.79 Å². The summed E-state index contributed by atoms with van der Waals surface area (Å²) in [5.41, 5.74) is -0.896. The van der Waals surface area contributed by atoms with Crippen molar-refractivity contribution in [2.45, 2.75) is 65.3 Å². The van der Waals surface area contributed by atoms with Crippen LogP contribution in [-0.4, -0.2) is 29.7 Å². The molecule has 116 valence electrons. The molecule has 1 rings (SSSR count). The van der Waals surface area contributed by atoms with Crippen molar-refractivity contribution in [2.24, 2.45) is 11.3 Å². The second-order valence-corrected chi connectivity index (χ2v) is 6.27. The van der Waals surface area contributed by atoms with Crippen molar-refractivity contribution in [1.82, 2.24) is 10.6 Å². The van der Waals surface area contributed by atoms with E-state index in [4.69, 9.17) is 0 Å². The van der Waals surface area contributed by atoms with Crippen LogP contribution in [0.15, 0.2) is 0 Å². The number of nitrogens with one attached hydrogen (secondary N) is 2. The molecule has 0 spiro atoms. The summed E-state index contributed by atoms with van der Waals surface area (Å²) in [6, 6.07) is -0.0418. The number of carbonyl (C=O) groups is 2. The zero-order valence-corrected chi connectivity index (χ0v) is 12.9. The van der Waals surface area contributed by atoms with Crippen LogP contribution in [0, 0.1) is 11.3 Å². The topological polar surface area (TPSA) is 78.4 Å². The predicted octanol–water partition coefficient (Wildman–Crippen LogP) is 2.76. The maximum absolute atomic E-state index is 11.9. The third-order valence-electron chi connectivity index (χ3n) is 4.61. The number of aliphatic carboxylic acids is 1. The standard InChI is InChI=1S/C15H28N2O3/c1-4-15(3,13(18)19)10-16-14(20)17-12-9-7-5-6-8-11(12)2/h11-12H,4-10H2,1-3H3,(H,18,19)(H2,16,17,20). The maximum atomic E-state index is 11.9. The molecule has 1 saturated carbocycles. The van der Waals surface area contributed by atoms with Gasteiger partial charge in [-0.1, -0.05) is 33.1 Å². The minimum Gasteiger partial charge on any atom is -0.481 e. The van der Waals surface area contributed by atoms with Gasteiger partial charge < -0.3 is 15.7 Å². The van der Waals surface area contributed by atoms with Crippen LogP contribution in [0.2, 0.25) is 0 Å². The van der Waals surface area contributed by atoms with Crippen molar-refractivity contribution >= 4 is 12.0 Å². The first-order chi connectivity index (χ1) is 9.39. The summed E-state index contributed by atoms with van der Waals surface area (Å²) >= 11 is 0. The van der Waals surface area contributed by atoms with Gasteiger partial charge in [0.05, 0.1) is 5.41 Å². The number of amides is 2. The first kappa shape index (κ1) is 16.8. The van der Waals surface area contributed by atoms with Crippen molar-refractivity contribution in [1.29, 1.82) is 0 Å². The van der Waals surface area contributed by atoms with Gasteiger partial charge in [0.15, 0.2) is 0 Å². The Bertz CT molecular complexity index is 346. The summed E-state index contributed by atoms with van der Waals surface area (Å²) in [7, 11) is 0. The Kier molecular flexibility index (Phi) is 6.30. The van der Waals surface area contributed by atoms with E-state index in [1.807, 2.05) is 6.92 Å². The quantitative estimate of drug-likeness (QED) is 0.679. The number of carbonyl (C=O) groups excluding carboxylic acids is 1. The third-order valence-corrected chi connectivity index (χ3v) is 4.61. The van der Waals surface area contributed by atoms with Crippen molar-refractivity contribution in [3.05, 3.63) is 0 Å². The number of urea groups is 1. The summed E-state index contributed by atoms with van der Waals surface area (Å²) in [4.78, 5) is 23.1. The lowest BCUT2D eigenvalue weighted by Crippen LogP contribution is -2.48. The molecule has 3 N–H and O–H groups in total. The molecule has 1 aliphatic rings. The summed E-state index contributed by atoms with van der Waals surface area (Å²) in [5, 5.41) is 14.9. The molecule has 0 bridgehead atoms. The van der Waals surface area contributed by atoms with Crippen molar-refractivity contribution < 1.29 is 14.7 Å². The Morgan fingerprint density at radius 2 is 1.90 bits per heavy atom. The van der Waals surface area contributed by atoms with Crippen LogP contribution >= 0.6 is 0 Å². The fraction of sp³-hybridized carbons (Fsp3) is 0.867. The molecule has 0 radical (unpaired) electrons. The average molecular weight is 284 g/mol. The Morgan fingerprint density at radius 3 is 2.50 bits per heavy atom. The van der Waals surface area contributed by atoms with Gasteiger partial charge in [-0.2, -0.15) is 0 Å².